The number of nitrogens with one attached hydrogen (secondary N) is 2. The Morgan fingerprint density at radius 1 is 1.25 bits per heavy atom. The molecule has 2 N–H and O–H groups in total. The highest BCUT2D eigenvalue weighted by Gasteiger charge is 2.28. The summed E-state index contributed by atoms with van der Waals surface area (Å²) < 4.78 is 0. The van der Waals surface area contributed by atoms with Gasteiger partial charge in [-0.3, -0.25) is 4.79 Å². The van der Waals surface area contributed by atoms with Crippen LogP contribution < -0.4 is 10.6 Å². The molecule has 2 aliphatic rings. The zero-order valence-corrected chi connectivity index (χ0v) is 10.5. The molecule has 1 saturated heterocycles. The standard InChI is InChI=1S/C13H24N2O/c1-9-3-5-12(10(2)7-9)15-11-4-6-13(16)14-8-11/h9-12,15H,3-8H2,1-2H3,(H,14,16). The fourth-order valence-electron chi connectivity index (χ4n) is 3.09. The number of hydrogen-bond donors (Lipinski definition) is 2. The Morgan fingerprint density at radius 2 is 2.06 bits per heavy atom. The second-order valence-electron chi connectivity index (χ2n) is 5.71. The minimum atomic E-state index is 0.211. The number of carbonyl (C=O) groups is 1. The van der Waals surface area contributed by atoms with E-state index in [4.69, 9.17) is 0 Å². The van der Waals surface area contributed by atoms with E-state index in [9.17, 15) is 4.79 Å². The van der Waals surface area contributed by atoms with Gasteiger partial charge in [-0.15, -0.1) is 0 Å². The van der Waals surface area contributed by atoms with Gasteiger partial charge in [-0.05, 0) is 37.5 Å². The Bertz CT molecular complexity index is 244. The van der Waals surface area contributed by atoms with Crippen molar-refractivity contribution in [1.29, 1.82) is 0 Å². The van der Waals surface area contributed by atoms with Crippen molar-refractivity contribution in [3.05, 3.63) is 0 Å². The van der Waals surface area contributed by atoms with Gasteiger partial charge in [-0.2, -0.15) is 0 Å². The summed E-state index contributed by atoms with van der Waals surface area (Å²) in [5.41, 5.74) is 0. The molecule has 1 aliphatic carbocycles. The molecular weight excluding hydrogens is 200 g/mol. The summed E-state index contributed by atoms with van der Waals surface area (Å²) >= 11 is 0. The third-order valence-electron chi connectivity index (χ3n) is 4.15. The number of hydrogen-bond acceptors (Lipinski definition) is 2. The number of carbonyl (C=O) groups excluding carboxylic acids is 1. The Kier molecular flexibility index (Phi) is 3.85. The molecule has 4 atom stereocenters. The summed E-state index contributed by atoms with van der Waals surface area (Å²) in [6, 6.07) is 1.16. The van der Waals surface area contributed by atoms with Gasteiger partial charge in [-0.1, -0.05) is 13.8 Å². The second-order valence-corrected chi connectivity index (χ2v) is 5.71. The summed E-state index contributed by atoms with van der Waals surface area (Å²) in [6.45, 7) is 5.53. The first-order valence-electron chi connectivity index (χ1n) is 6.68. The van der Waals surface area contributed by atoms with E-state index in [-0.39, 0.29) is 5.91 Å². The van der Waals surface area contributed by atoms with Gasteiger partial charge < -0.3 is 10.6 Å². The van der Waals surface area contributed by atoms with Crippen molar-refractivity contribution >= 4 is 5.91 Å². The molecule has 1 saturated carbocycles. The maximum atomic E-state index is 11.1. The van der Waals surface area contributed by atoms with Crippen LogP contribution in [0.15, 0.2) is 0 Å². The van der Waals surface area contributed by atoms with E-state index >= 15 is 0 Å². The first-order chi connectivity index (χ1) is 7.65. The van der Waals surface area contributed by atoms with Gasteiger partial charge in [0.1, 0.15) is 0 Å². The van der Waals surface area contributed by atoms with Crippen molar-refractivity contribution < 1.29 is 4.79 Å². The van der Waals surface area contributed by atoms with Crippen molar-refractivity contribution in [2.24, 2.45) is 11.8 Å². The molecule has 1 heterocycles. The molecule has 0 aromatic carbocycles. The zero-order valence-electron chi connectivity index (χ0n) is 10.5. The van der Waals surface area contributed by atoms with E-state index in [1.807, 2.05) is 0 Å². The van der Waals surface area contributed by atoms with Crippen LogP contribution in [-0.4, -0.2) is 24.5 Å². The predicted octanol–water partition coefficient (Wildman–Crippen LogP) is 1.68. The van der Waals surface area contributed by atoms with Crippen LogP contribution in [0.4, 0.5) is 0 Å². The largest absolute Gasteiger partial charge is 0.355 e. The Labute approximate surface area is 98.4 Å². The first-order valence-corrected chi connectivity index (χ1v) is 6.68. The maximum absolute atomic E-state index is 11.1. The van der Waals surface area contributed by atoms with Gasteiger partial charge in [0.2, 0.25) is 5.91 Å². The van der Waals surface area contributed by atoms with Gasteiger partial charge in [0, 0.05) is 25.0 Å². The van der Waals surface area contributed by atoms with E-state index in [0.29, 0.717) is 18.5 Å². The van der Waals surface area contributed by atoms with Gasteiger partial charge >= 0.3 is 0 Å². The molecule has 0 aromatic heterocycles. The third kappa shape index (κ3) is 2.97. The fraction of sp³-hybridized carbons (Fsp3) is 0.923. The van der Waals surface area contributed by atoms with Crippen molar-refractivity contribution in [1.82, 2.24) is 10.6 Å². The van der Waals surface area contributed by atoms with E-state index in [2.05, 4.69) is 24.5 Å². The number of rotatable bonds is 2. The second kappa shape index (κ2) is 5.17. The molecule has 0 aromatic rings. The highest BCUT2D eigenvalue weighted by atomic mass is 16.1. The van der Waals surface area contributed by atoms with Crippen molar-refractivity contribution in [2.45, 2.75) is 58.0 Å². The molecule has 2 rings (SSSR count). The predicted molar refractivity (Wildman–Crippen MR) is 65.1 cm³/mol. The van der Waals surface area contributed by atoms with Gasteiger partial charge in [0.15, 0.2) is 0 Å². The molecule has 0 spiro atoms. The molecule has 1 aliphatic heterocycles. The maximum Gasteiger partial charge on any atom is 0.220 e. The Balaban J connectivity index is 1.78. The summed E-state index contributed by atoms with van der Waals surface area (Å²) in [5, 5.41) is 6.68. The summed E-state index contributed by atoms with van der Waals surface area (Å²) in [6.07, 6.45) is 5.68. The van der Waals surface area contributed by atoms with Gasteiger partial charge in [0.25, 0.3) is 0 Å². The smallest absolute Gasteiger partial charge is 0.220 e. The molecule has 1 amide bonds. The van der Waals surface area contributed by atoms with Crippen LogP contribution in [0.5, 0.6) is 0 Å². The van der Waals surface area contributed by atoms with Crippen LogP contribution in [0.25, 0.3) is 0 Å². The fourth-order valence-corrected chi connectivity index (χ4v) is 3.09. The van der Waals surface area contributed by atoms with Crippen LogP contribution in [0.3, 0.4) is 0 Å². The highest BCUT2D eigenvalue weighted by Crippen LogP contribution is 2.29. The zero-order chi connectivity index (χ0) is 11.5. The van der Waals surface area contributed by atoms with Crippen molar-refractivity contribution in [2.75, 3.05) is 6.54 Å². The first kappa shape index (κ1) is 11.9. The molecule has 92 valence electrons. The van der Waals surface area contributed by atoms with Crippen LogP contribution in [-0.2, 0) is 4.79 Å². The highest BCUT2D eigenvalue weighted by molar-refractivity contribution is 5.76. The molecule has 16 heavy (non-hydrogen) atoms. The molecule has 4 unspecified atom stereocenters. The minimum Gasteiger partial charge on any atom is -0.355 e. The average Bonchev–Trinajstić information content (AvgIpc) is 2.25. The molecule has 2 fully saturated rings. The Morgan fingerprint density at radius 3 is 2.69 bits per heavy atom. The van der Waals surface area contributed by atoms with E-state index in [1.54, 1.807) is 0 Å². The lowest BCUT2D eigenvalue weighted by molar-refractivity contribution is -0.122. The van der Waals surface area contributed by atoms with E-state index in [1.165, 1.54) is 19.3 Å². The quantitative estimate of drug-likeness (QED) is 0.749. The minimum absolute atomic E-state index is 0.211. The summed E-state index contributed by atoms with van der Waals surface area (Å²) in [7, 11) is 0. The molecular formula is C13H24N2O. The van der Waals surface area contributed by atoms with Crippen LogP contribution in [0.1, 0.15) is 46.0 Å². The monoisotopic (exact) mass is 224 g/mol. The summed E-state index contributed by atoms with van der Waals surface area (Å²) in [5.74, 6) is 1.88. The molecule has 0 bridgehead atoms. The summed E-state index contributed by atoms with van der Waals surface area (Å²) in [4.78, 5) is 11.1. The molecule has 3 heteroatoms. The van der Waals surface area contributed by atoms with Gasteiger partial charge in [0.05, 0.1) is 0 Å². The average molecular weight is 224 g/mol. The lowest BCUT2D eigenvalue weighted by Gasteiger charge is -2.37. The molecule has 0 radical (unpaired) electrons. The van der Waals surface area contributed by atoms with E-state index < -0.39 is 0 Å². The number of piperidine rings is 1. The Hall–Kier alpha value is -0.570. The lowest BCUT2D eigenvalue weighted by Crippen LogP contribution is -2.51. The normalized spacial score (nSPS) is 40.5. The third-order valence-corrected chi connectivity index (χ3v) is 4.15. The van der Waals surface area contributed by atoms with Crippen LogP contribution in [0.2, 0.25) is 0 Å². The van der Waals surface area contributed by atoms with Crippen molar-refractivity contribution in [3.63, 3.8) is 0 Å². The number of amides is 1. The van der Waals surface area contributed by atoms with Gasteiger partial charge in [-0.25, -0.2) is 0 Å². The van der Waals surface area contributed by atoms with Crippen molar-refractivity contribution in [3.8, 4) is 0 Å². The topological polar surface area (TPSA) is 41.1 Å². The molecule has 3 nitrogen and oxygen atoms in total. The van der Waals surface area contributed by atoms with Crippen LogP contribution >= 0.6 is 0 Å². The van der Waals surface area contributed by atoms with Crippen LogP contribution in [0, 0.1) is 11.8 Å². The van der Waals surface area contributed by atoms with E-state index in [0.717, 1.165) is 24.8 Å². The lowest BCUT2D eigenvalue weighted by atomic mass is 9.79. The SMILES string of the molecule is CC1CCC(NC2CCC(=O)NC2)C(C)C1.